The van der Waals surface area contributed by atoms with Crippen molar-refractivity contribution < 1.29 is 41.0 Å². The molecule has 0 spiro atoms. The number of rotatable bonds is 5. The van der Waals surface area contributed by atoms with Crippen LogP contribution in [-0.4, -0.2) is 35.1 Å². The van der Waals surface area contributed by atoms with Crippen molar-refractivity contribution in [3.05, 3.63) is 0 Å². The van der Waals surface area contributed by atoms with E-state index in [1.165, 1.54) is 6.92 Å². The van der Waals surface area contributed by atoms with E-state index in [9.17, 15) is 36.2 Å². The van der Waals surface area contributed by atoms with Gasteiger partial charge in [-0.3, -0.25) is 4.79 Å². The van der Waals surface area contributed by atoms with Crippen molar-refractivity contribution >= 4 is 5.97 Å². The molecular formula is C13H18F6O3. The molecule has 1 aliphatic carbocycles. The highest BCUT2D eigenvalue weighted by Crippen LogP contribution is 2.50. The molecule has 0 heterocycles. The first kappa shape index (κ1) is 19.1. The minimum absolute atomic E-state index is 0.0402. The van der Waals surface area contributed by atoms with Crippen LogP contribution < -0.4 is 0 Å². The highest BCUT2D eigenvalue weighted by atomic mass is 19.4. The molecule has 3 nitrogen and oxygen atoms in total. The molecule has 0 aromatic carbocycles. The number of alkyl halides is 6. The lowest BCUT2D eigenvalue weighted by Crippen LogP contribution is -2.66. The largest absolute Gasteiger partial charge is 0.458 e. The van der Waals surface area contributed by atoms with Gasteiger partial charge in [-0.15, -0.1) is 0 Å². The molecule has 1 saturated carbocycles. The van der Waals surface area contributed by atoms with E-state index < -0.39 is 35.9 Å². The molecule has 1 rings (SSSR count). The maximum absolute atomic E-state index is 13.0. The summed E-state index contributed by atoms with van der Waals surface area (Å²) in [5, 5.41) is 9.49. The molecular weight excluding hydrogens is 318 g/mol. The molecule has 1 N–H and O–H groups in total. The molecule has 22 heavy (non-hydrogen) atoms. The number of hydrogen-bond acceptors (Lipinski definition) is 3. The van der Waals surface area contributed by atoms with Crippen LogP contribution in [0.5, 0.6) is 0 Å². The van der Waals surface area contributed by atoms with Crippen molar-refractivity contribution in [1.29, 1.82) is 0 Å². The summed E-state index contributed by atoms with van der Waals surface area (Å²) in [7, 11) is 0. The first-order chi connectivity index (χ1) is 9.95. The van der Waals surface area contributed by atoms with Crippen molar-refractivity contribution in [3.63, 3.8) is 0 Å². The SMILES string of the molecule is CCCC(=O)OC(C1CCCC1)C(O)(C(F)(F)F)C(F)(F)F. The van der Waals surface area contributed by atoms with E-state index >= 15 is 0 Å². The predicted molar refractivity (Wildman–Crippen MR) is 63.8 cm³/mol. The zero-order chi connectivity index (χ0) is 17.2. The Morgan fingerprint density at radius 3 is 1.95 bits per heavy atom. The van der Waals surface area contributed by atoms with Crippen LogP contribution in [0.3, 0.4) is 0 Å². The van der Waals surface area contributed by atoms with Crippen LogP contribution in [-0.2, 0) is 9.53 Å². The Balaban J connectivity index is 3.22. The fourth-order valence-corrected chi connectivity index (χ4v) is 2.67. The zero-order valence-corrected chi connectivity index (χ0v) is 11.9. The summed E-state index contributed by atoms with van der Waals surface area (Å²) in [6.07, 6.45) is -13.8. The van der Waals surface area contributed by atoms with Crippen LogP contribution in [0.4, 0.5) is 26.3 Å². The van der Waals surface area contributed by atoms with Gasteiger partial charge in [0.2, 0.25) is 0 Å². The summed E-state index contributed by atoms with van der Waals surface area (Å²) in [5.74, 6) is -2.35. The Morgan fingerprint density at radius 2 is 1.59 bits per heavy atom. The van der Waals surface area contributed by atoms with Crippen LogP contribution in [0.2, 0.25) is 0 Å². The van der Waals surface area contributed by atoms with Gasteiger partial charge in [-0.1, -0.05) is 19.8 Å². The quantitative estimate of drug-likeness (QED) is 0.614. The van der Waals surface area contributed by atoms with Crippen LogP contribution in [0.1, 0.15) is 45.4 Å². The van der Waals surface area contributed by atoms with Crippen LogP contribution in [0.15, 0.2) is 0 Å². The predicted octanol–water partition coefficient (Wildman–Crippen LogP) is 3.74. The van der Waals surface area contributed by atoms with E-state index in [1.807, 2.05) is 0 Å². The van der Waals surface area contributed by atoms with E-state index in [0.717, 1.165) is 0 Å². The summed E-state index contributed by atoms with van der Waals surface area (Å²) in [6, 6.07) is 0. The molecule has 1 atom stereocenters. The molecule has 0 radical (unpaired) electrons. The molecule has 0 saturated heterocycles. The Morgan fingerprint density at radius 1 is 1.14 bits per heavy atom. The molecule has 0 bridgehead atoms. The smallest absolute Gasteiger partial charge is 0.430 e. The number of halogens is 6. The van der Waals surface area contributed by atoms with Crippen LogP contribution >= 0.6 is 0 Å². The van der Waals surface area contributed by atoms with Crippen molar-refractivity contribution in [2.45, 2.75) is 69.5 Å². The van der Waals surface area contributed by atoms with Gasteiger partial charge in [0.25, 0.3) is 5.60 Å². The number of ether oxygens (including phenoxy) is 1. The summed E-state index contributed by atoms with van der Waals surface area (Å²) in [5.41, 5.74) is -5.06. The molecule has 0 amide bonds. The van der Waals surface area contributed by atoms with Crippen LogP contribution in [0.25, 0.3) is 0 Å². The van der Waals surface area contributed by atoms with Gasteiger partial charge in [-0.2, -0.15) is 26.3 Å². The third-order valence-electron chi connectivity index (χ3n) is 3.82. The molecule has 1 unspecified atom stereocenters. The highest BCUT2D eigenvalue weighted by molar-refractivity contribution is 5.69. The van der Waals surface area contributed by atoms with Gasteiger partial charge in [0.15, 0.2) is 6.10 Å². The van der Waals surface area contributed by atoms with Crippen molar-refractivity contribution in [1.82, 2.24) is 0 Å². The first-order valence-corrected chi connectivity index (χ1v) is 7.00. The number of carbonyl (C=O) groups excluding carboxylic acids is 1. The van der Waals surface area contributed by atoms with E-state index in [-0.39, 0.29) is 25.7 Å². The molecule has 0 aromatic rings. The van der Waals surface area contributed by atoms with E-state index in [2.05, 4.69) is 4.74 Å². The van der Waals surface area contributed by atoms with E-state index in [0.29, 0.717) is 12.8 Å². The van der Waals surface area contributed by atoms with E-state index in [4.69, 9.17) is 0 Å². The van der Waals surface area contributed by atoms with Gasteiger partial charge < -0.3 is 9.84 Å². The Kier molecular flexibility index (Phi) is 5.75. The van der Waals surface area contributed by atoms with Gasteiger partial charge in [0, 0.05) is 6.42 Å². The normalized spacial score (nSPS) is 19.3. The lowest BCUT2D eigenvalue weighted by molar-refractivity contribution is -0.395. The van der Waals surface area contributed by atoms with Gasteiger partial charge in [-0.25, -0.2) is 0 Å². The molecule has 1 aliphatic rings. The molecule has 0 aliphatic heterocycles. The number of esters is 1. The average molecular weight is 336 g/mol. The minimum Gasteiger partial charge on any atom is -0.458 e. The molecule has 130 valence electrons. The van der Waals surface area contributed by atoms with Crippen molar-refractivity contribution in [3.8, 4) is 0 Å². The first-order valence-electron chi connectivity index (χ1n) is 7.00. The fourth-order valence-electron chi connectivity index (χ4n) is 2.67. The number of carbonyl (C=O) groups is 1. The summed E-state index contributed by atoms with van der Waals surface area (Å²) in [6.45, 7) is 1.53. The van der Waals surface area contributed by atoms with E-state index in [1.54, 1.807) is 0 Å². The Hall–Kier alpha value is -0.990. The second-order valence-electron chi connectivity index (χ2n) is 5.47. The highest BCUT2D eigenvalue weighted by Gasteiger charge is 2.76. The molecule has 9 heteroatoms. The molecule has 1 fully saturated rings. The van der Waals surface area contributed by atoms with Crippen LogP contribution in [0, 0.1) is 5.92 Å². The van der Waals surface area contributed by atoms with Gasteiger partial charge in [0.05, 0.1) is 0 Å². The number of hydrogen-bond donors (Lipinski definition) is 1. The maximum Gasteiger partial charge on any atom is 0.430 e. The van der Waals surface area contributed by atoms with Gasteiger partial charge in [-0.05, 0) is 25.2 Å². The van der Waals surface area contributed by atoms with Gasteiger partial charge in [0.1, 0.15) is 0 Å². The monoisotopic (exact) mass is 336 g/mol. The van der Waals surface area contributed by atoms with Crippen molar-refractivity contribution in [2.24, 2.45) is 5.92 Å². The molecule has 0 aromatic heterocycles. The van der Waals surface area contributed by atoms with Crippen molar-refractivity contribution in [2.75, 3.05) is 0 Å². The average Bonchev–Trinajstić information content (AvgIpc) is 2.86. The summed E-state index contributed by atoms with van der Waals surface area (Å²) in [4.78, 5) is 11.4. The summed E-state index contributed by atoms with van der Waals surface area (Å²) >= 11 is 0. The standard InChI is InChI=1S/C13H18F6O3/c1-2-5-9(20)22-10(8-6-3-4-7-8)11(21,12(14,15)16)13(17,18)19/h8,10,21H,2-7H2,1H3. The zero-order valence-electron chi connectivity index (χ0n) is 11.9. The van der Waals surface area contributed by atoms with Gasteiger partial charge >= 0.3 is 18.3 Å². The fraction of sp³-hybridized carbons (Fsp3) is 0.923. The maximum atomic E-state index is 13.0. The topological polar surface area (TPSA) is 46.5 Å². The third kappa shape index (κ3) is 3.67. The second kappa shape index (κ2) is 6.64. The minimum atomic E-state index is -6.00. The summed E-state index contributed by atoms with van der Waals surface area (Å²) < 4.78 is 82.3. The lowest BCUT2D eigenvalue weighted by atomic mass is 9.84. The number of aliphatic hydroxyl groups is 1. The third-order valence-corrected chi connectivity index (χ3v) is 3.82. The Bertz CT molecular complexity index is 370. The second-order valence-corrected chi connectivity index (χ2v) is 5.47. The Labute approximate surface area is 123 Å². The lowest BCUT2D eigenvalue weighted by Gasteiger charge is -2.40.